The summed E-state index contributed by atoms with van der Waals surface area (Å²) in [5.41, 5.74) is 0. The number of carbonyl (C=O) groups excluding carboxylic acids is 1. The van der Waals surface area contributed by atoms with Crippen molar-refractivity contribution in [1.29, 1.82) is 0 Å². The largest absolute Gasteiger partial charge is 0.369 e. The van der Waals surface area contributed by atoms with E-state index in [0.29, 0.717) is 19.6 Å². The van der Waals surface area contributed by atoms with E-state index in [2.05, 4.69) is 13.2 Å². The fourth-order valence-electron chi connectivity index (χ4n) is 2.08. The molecule has 0 N–H and O–H groups in total. The lowest BCUT2D eigenvalue weighted by Gasteiger charge is -2.16. The zero-order chi connectivity index (χ0) is 11.5. The van der Waals surface area contributed by atoms with Crippen molar-refractivity contribution >= 4 is 5.78 Å². The van der Waals surface area contributed by atoms with Crippen LogP contribution in [0.2, 0.25) is 0 Å². The summed E-state index contributed by atoms with van der Waals surface area (Å²) in [6.07, 6.45) is 2.58. The van der Waals surface area contributed by atoms with Gasteiger partial charge < -0.3 is 14.2 Å². The Hall–Kier alpha value is -0.970. The summed E-state index contributed by atoms with van der Waals surface area (Å²) in [7, 11) is 0. The fourth-order valence-corrected chi connectivity index (χ4v) is 2.08. The van der Waals surface area contributed by atoms with E-state index in [-0.39, 0.29) is 18.0 Å². The van der Waals surface area contributed by atoms with E-state index in [1.807, 2.05) is 0 Å². The Morgan fingerprint density at radius 2 is 2.25 bits per heavy atom. The maximum absolute atomic E-state index is 11.8. The quantitative estimate of drug-likeness (QED) is 0.650. The Bertz CT molecular complexity index is 299. The Morgan fingerprint density at radius 1 is 1.44 bits per heavy atom. The van der Waals surface area contributed by atoms with Crippen molar-refractivity contribution in [3.63, 3.8) is 0 Å². The van der Waals surface area contributed by atoms with Gasteiger partial charge in [0.1, 0.15) is 24.4 Å². The van der Waals surface area contributed by atoms with Gasteiger partial charge in [0.15, 0.2) is 5.78 Å². The van der Waals surface area contributed by atoms with Crippen molar-refractivity contribution in [3.05, 3.63) is 25.3 Å². The van der Waals surface area contributed by atoms with Gasteiger partial charge in [0, 0.05) is 0 Å². The third kappa shape index (κ3) is 1.96. The van der Waals surface area contributed by atoms with Crippen LogP contribution < -0.4 is 0 Å². The molecule has 0 aromatic carbocycles. The first-order valence-corrected chi connectivity index (χ1v) is 5.42. The molecule has 2 aliphatic rings. The molecule has 1 unspecified atom stereocenters. The van der Waals surface area contributed by atoms with Gasteiger partial charge in [-0.2, -0.15) is 0 Å². The van der Waals surface area contributed by atoms with Gasteiger partial charge in [0.05, 0.1) is 13.2 Å². The van der Waals surface area contributed by atoms with Crippen LogP contribution in [0.15, 0.2) is 25.3 Å². The van der Waals surface area contributed by atoms with E-state index in [1.54, 1.807) is 12.2 Å². The Kier molecular flexibility index (Phi) is 3.53. The van der Waals surface area contributed by atoms with Crippen LogP contribution in [0.4, 0.5) is 0 Å². The van der Waals surface area contributed by atoms with E-state index in [1.165, 1.54) is 0 Å². The summed E-state index contributed by atoms with van der Waals surface area (Å²) in [6.45, 7) is 8.04. The molecule has 4 heteroatoms. The molecule has 0 aromatic rings. The van der Waals surface area contributed by atoms with E-state index in [4.69, 9.17) is 14.2 Å². The third-order valence-corrected chi connectivity index (χ3v) is 2.83. The smallest absolute Gasteiger partial charge is 0.193 e. The number of carbonyl (C=O) groups is 1. The van der Waals surface area contributed by atoms with Crippen molar-refractivity contribution in [3.8, 4) is 0 Å². The first kappa shape index (κ1) is 11.5. The second-order valence-electron chi connectivity index (χ2n) is 3.93. The summed E-state index contributed by atoms with van der Waals surface area (Å²) >= 11 is 0. The Morgan fingerprint density at radius 3 is 2.94 bits per heavy atom. The second kappa shape index (κ2) is 4.91. The summed E-state index contributed by atoms with van der Waals surface area (Å²) in [6, 6.07) is 0. The van der Waals surface area contributed by atoms with Crippen LogP contribution in [0.1, 0.15) is 6.42 Å². The molecule has 0 bridgehead atoms. The van der Waals surface area contributed by atoms with E-state index in [9.17, 15) is 4.79 Å². The lowest BCUT2D eigenvalue weighted by atomic mass is 10.1. The number of hydrogen-bond donors (Lipinski definition) is 0. The predicted octanol–water partition coefficient (Wildman–Crippen LogP) is 0.869. The molecule has 0 saturated carbocycles. The predicted molar refractivity (Wildman–Crippen MR) is 58.2 cm³/mol. The van der Waals surface area contributed by atoms with Crippen LogP contribution in [0.25, 0.3) is 0 Å². The van der Waals surface area contributed by atoms with Gasteiger partial charge in [0.2, 0.25) is 0 Å². The monoisotopic (exact) mass is 224 g/mol. The number of rotatable bonds is 5. The lowest BCUT2D eigenvalue weighted by Crippen LogP contribution is -2.31. The van der Waals surface area contributed by atoms with Gasteiger partial charge in [-0.1, -0.05) is 12.2 Å². The van der Waals surface area contributed by atoms with Crippen LogP contribution >= 0.6 is 0 Å². The number of fused-ring (bicyclic) bond motifs is 1. The van der Waals surface area contributed by atoms with Crippen LogP contribution in [-0.2, 0) is 19.0 Å². The molecule has 2 heterocycles. The number of Topliss-reactive ketones (excluding diaryl/α,β-unsaturated/α-hetero) is 1. The molecule has 0 aliphatic carbocycles. The normalized spacial score (nSPS) is 37.4. The van der Waals surface area contributed by atoms with Gasteiger partial charge in [0.25, 0.3) is 0 Å². The molecule has 0 aromatic heterocycles. The minimum Gasteiger partial charge on any atom is -0.369 e. The average molecular weight is 224 g/mol. The van der Waals surface area contributed by atoms with Crippen molar-refractivity contribution in [2.75, 3.05) is 13.2 Å². The summed E-state index contributed by atoms with van der Waals surface area (Å²) < 4.78 is 16.5. The summed E-state index contributed by atoms with van der Waals surface area (Å²) in [5, 5.41) is 0. The molecule has 0 amide bonds. The minimum absolute atomic E-state index is 0.00889. The third-order valence-electron chi connectivity index (χ3n) is 2.83. The Balaban J connectivity index is 1.98. The second-order valence-corrected chi connectivity index (χ2v) is 3.93. The molecular formula is C12H16O4. The molecular weight excluding hydrogens is 208 g/mol. The molecule has 0 spiro atoms. The van der Waals surface area contributed by atoms with Gasteiger partial charge in [-0.25, -0.2) is 0 Å². The first-order chi connectivity index (χ1) is 7.77. The zero-order valence-corrected chi connectivity index (χ0v) is 9.13. The van der Waals surface area contributed by atoms with Crippen LogP contribution in [0.5, 0.6) is 0 Å². The maximum Gasteiger partial charge on any atom is 0.193 e. The molecule has 88 valence electrons. The van der Waals surface area contributed by atoms with Crippen LogP contribution in [-0.4, -0.2) is 43.4 Å². The van der Waals surface area contributed by atoms with Gasteiger partial charge in [-0.15, -0.1) is 13.2 Å². The topological polar surface area (TPSA) is 44.8 Å². The zero-order valence-electron chi connectivity index (χ0n) is 9.13. The molecule has 16 heavy (non-hydrogen) atoms. The van der Waals surface area contributed by atoms with Crippen molar-refractivity contribution in [2.24, 2.45) is 0 Å². The summed E-state index contributed by atoms with van der Waals surface area (Å²) in [5.74, 6) is 0.00889. The average Bonchev–Trinajstić information content (AvgIpc) is 2.80. The highest BCUT2D eigenvalue weighted by Gasteiger charge is 2.51. The maximum atomic E-state index is 11.8. The molecule has 4 nitrogen and oxygen atoms in total. The Labute approximate surface area is 94.9 Å². The summed E-state index contributed by atoms with van der Waals surface area (Å²) in [4.78, 5) is 11.8. The van der Waals surface area contributed by atoms with Gasteiger partial charge in [-0.05, 0) is 6.42 Å². The number of ketones is 1. The molecule has 4 atom stereocenters. The highest BCUT2D eigenvalue weighted by Crippen LogP contribution is 2.31. The van der Waals surface area contributed by atoms with Crippen molar-refractivity contribution in [1.82, 2.24) is 0 Å². The molecule has 2 saturated heterocycles. The molecule has 2 aliphatic heterocycles. The standard InChI is InChI=1S/C12H16O4/c1-3-5-8-10(13)12-11(16-8)9(7-15-12)14-6-4-2/h3-4,8-9,11-12H,1-2,5-7H2/t8?,9-,11+,12+/m1/s1. The molecule has 2 rings (SSSR count). The van der Waals surface area contributed by atoms with Crippen molar-refractivity contribution in [2.45, 2.75) is 30.8 Å². The lowest BCUT2D eigenvalue weighted by molar-refractivity contribution is -0.129. The SMILES string of the molecule is C=CCO[C@@H]1CO[C@H]2C(=O)C(CC=C)O[C@@H]12. The van der Waals surface area contributed by atoms with E-state index in [0.717, 1.165) is 0 Å². The fraction of sp³-hybridized carbons (Fsp3) is 0.583. The van der Waals surface area contributed by atoms with Crippen LogP contribution in [0, 0.1) is 0 Å². The van der Waals surface area contributed by atoms with Crippen molar-refractivity contribution < 1.29 is 19.0 Å². The highest BCUT2D eigenvalue weighted by atomic mass is 16.6. The van der Waals surface area contributed by atoms with E-state index >= 15 is 0 Å². The van der Waals surface area contributed by atoms with Gasteiger partial charge in [-0.3, -0.25) is 4.79 Å². The number of ether oxygens (including phenoxy) is 3. The van der Waals surface area contributed by atoms with Crippen LogP contribution in [0.3, 0.4) is 0 Å². The highest BCUT2D eigenvalue weighted by molar-refractivity contribution is 5.90. The molecule has 0 radical (unpaired) electrons. The minimum atomic E-state index is -0.459. The first-order valence-electron chi connectivity index (χ1n) is 5.42. The van der Waals surface area contributed by atoms with E-state index < -0.39 is 12.2 Å². The number of hydrogen-bond acceptors (Lipinski definition) is 4. The molecule has 2 fully saturated rings. The van der Waals surface area contributed by atoms with Gasteiger partial charge >= 0.3 is 0 Å².